The highest BCUT2D eigenvalue weighted by molar-refractivity contribution is 5.79. The number of aldehydes is 1. The van der Waals surface area contributed by atoms with Crippen LogP contribution in [0.1, 0.15) is 21.6 Å². The third-order valence-electron chi connectivity index (χ3n) is 3.10. The Morgan fingerprint density at radius 1 is 1.24 bits per heavy atom. The second-order valence-electron chi connectivity index (χ2n) is 4.09. The van der Waals surface area contributed by atoms with E-state index in [1.54, 1.807) is 0 Å². The van der Waals surface area contributed by atoms with Crippen LogP contribution in [0.15, 0.2) is 24.3 Å². The quantitative estimate of drug-likeness (QED) is 0.784. The normalized spacial score (nSPS) is 14.5. The molecule has 0 saturated heterocycles. The van der Waals surface area contributed by atoms with Crippen molar-refractivity contribution in [3.8, 4) is 0 Å². The van der Waals surface area contributed by atoms with Crippen molar-refractivity contribution in [1.82, 2.24) is 15.4 Å². The van der Waals surface area contributed by atoms with Crippen molar-refractivity contribution in [3.05, 3.63) is 41.1 Å². The molecular weight excluding hydrogens is 216 g/mol. The number of nitrogens with one attached hydrogen (secondary N) is 1. The van der Waals surface area contributed by atoms with Gasteiger partial charge in [-0.25, -0.2) is 0 Å². The van der Waals surface area contributed by atoms with Gasteiger partial charge in [-0.15, -0.1) is 5.10 Å². The molecule has 3 rings (SSSR count). The number of anilines is 1. The van der Waals surface area contributed by atoms with E-state index in [-0.39, 0.29) is 0 Å². The lowest BCUT2D eigenvalue weighted by molar-refractivity contribution is 0.111. The van der Waals surface area contributed by atoms with Gasteiger partial charge in [-0.3, -0.25) is 4.79 Å². The van der Waals surface area contributed by atoms with Crippen LogP contribution in [0.3, 0.4) is 0 Å². The van der Waals surface area contributed by atoms with Gasteiger partial charge < -0.3 is 4.90 Å². The third kappa shape index (κ3) is 1.69. The van der Waals surface area contributed by atoms with Gasteiger partial charge in [0.25, 0.3) is 0 Å². The molecule has 1 aromatic carbocycles. The molecule has 0 atom stereocenters. The molecular formula is C12H12N4O. The van der Waals surface area contributed by atoms with Gasteiger partial charge in [0.05, 0.1) is 0 Å². The summed E-state index contributed by atoms with van der Waals surface area (Å²) in [6.45, 7) is 1.65. The van der Waals surface area contributed by atoms with E-state index in [1.165, 1.54) is 11.1 Å². The van der Waals surface area contributed by atoms with Crippen LogP contribution in [0.2, 0.25) is 0 Å². The smallest absolute Gasteiger partial charge is 0.182 e. The monoisotopic (exact) mass is 228 g/mol. The average molecular weight is 228 g/mol. The highest BCUT2D eigenvalue weighted by Crippen LogP contribution is 2.23. The summed E-state index contributed by atoms with van der Waals surface area (Å²) in [4.78, 5) is 12.9. The molecule has 5 nitrogen and oxygen atoms in total. The molecule has 1 aliphatic heterocycles. The third-order valence-corrected chi connectivity index (χ3v) is 3.10. The number of benzene rings is 1. The van der Waals surface area contributed by atoms with Crippen molar-refractivity contribution in [2.45, 2.75) is 13.0 Å². The summed E-state index contributed by atoms with van der Waals surface area (Å²) in [5.41, 5.74) is 3.04. The van der Waals surface area contributed by atoms with Gasteiger partial charge in [0.1, 0.15) is 0 Å². The summed E-state index contributed by atoms with van der Waals surface area (Å²) in [6.07, 6.45) is 1.71. The fraction of sp³-hybridized carbons (Fsp3) is 0.250. The van der Waals surface area contributed by atoms with Crippen LogP contribution in [0.25, 0.3) is 0 Å². The van der Waals surface area contributed by atoms with Crippen LogP contribution in [-0.4, -0.2) is 28.2 Å². The van der Waals surface area contributed by atoms with Crippen molar-refractivity contribution in [3.63, 3.8) is 0 Å². The van der Waals surface area contributed by atoms with E-state index in [9.17, 15) is 4.79 Å². The second-order valence-corrected chi connectivity index (χ2v) is 4.09. The largest absolute Gasteiger partial charge is 0.349 e. The summed E-state index contributed by atoms with van der Waals surface area (Å²) in [7, 11) is 0. The van der Waals surface area contributed by atoms with Gasteiger partial charge >= 0.3 is 0 Å². The fourth-order valence-corrected chi connectivity index (χ4v) is 2.22. The minimum Gasteiger partial charge on any atom is -0.349 e. The zero-order chi connectivity index (χ0) is 11.7. The lowest BCUT2D eigenvalue weighted by atomic mass is 10.00. The van der Waals surface area contributed by atoms with Crippen LogP contribution in [0, 0.1) is 0 Å². The molecule has 0 radical (unpaired) electrons. The Hall–Kier alpha value is -2.17. The lowest BCUT2D eigenvalue weighted by Gasteiger charge is -2.28. The molecule has 0 fully saturated rings. The molecule has 1 aliphatic rings. The number of rotatable bonds is 2. The van der Waals surface area contributed by atoms with Crippen LogP contribution in [-0.2, 0) is 13.0 Å². The van der Waals surface area contributed by atoms with E-state index >= 15 is 0 Å². The molecule has 1 N–H and O–H groups in total. The predicted molar refractivity (Wildman–Crippen MR) is 63.0 cm³/mol. The van der Waals surface area contributed by atoms with Crippen LogP contribution in [0.4, 0.5) is 5.82 Å². The van der Waals surface area contributed by atoms with Crippen molar-refractivity contribution in [2.75, 3.05) is 11.4 Å². The molecule has 86 valence electrons. The number of carbonyl (C=O) groups excluding carboxylic acids is 1. The first-order valence-electron chi connectivity index (χ1n) is 5.56. The first-order chi connectivity index (χ1) is 8.38. The fourth-order valence-electron chi connectivity index (χ4n) is 2.22. The first-order valence-corrected chi connectivity index (χ1v) is 5.56. The Morgan fingerprint density at radius 3 is 2.88 bits per heavy atom. The minimum absolute atomic E-state index is 0.379. The predicted octanol–water partition coefficient (Wildman–Crippen LogP) is 1.18. The van der Waals surface area contributed by atoms with Gasteiger partial charge in [0.15, 0.2) is 17.8 Å². The average Bonchev–Trinajstić information content (AvgIpc) is 2.86. The number of H-pyrrole nitrogens is 1. The molecule has 5 heteroatoms. The molecule has 2 heterocycles. The SMILES string of the molecule is O=Cc1n[nH]nc1N1CCc2ccccc2C1. The van der Waals surface area contributed by atoms with Crippen molar-refractivity contribution < 1.29 is 4.79 Å². The van der Waals surface area contributed by atoms with Crippen molar-refractivity contribution >= 4 is 12.1 Å². The first kappa shape index (κ1) is 10.0. The van der Waals surface area contributed by atoms with Crippen LogP contribution >= 0.6 is 0 Å². The van der Waals surface area contributed by atoms with Crippen LogP contribution < -0.4 is 4.90 Å². The number of aromatic nitrogens is 3. The van der Waals surface area contributed by atoms with Gasteiger partial charge in [-0.05, 0) is 17.5 Å². The Labute approximate surface area is 98.4 Å². The molecule has 0 unspecified atom stereocenters. The maximum absolute atomic E-state index is 10.8. The zero-order valence-electron chi connectivity index (χ0n) is 9.26. The summed E-state index contributed by atoms with van der Waals surface area (Å²) in [5, 5.41) is 10.4. The van der Waals surface area contributed by atoms with Gasteiger partial charge in [0.2, 0.25) is 0 Å². The topological polar surface area (TPSA) is 61.9 Å². The second kappa shape index (κ2) is 4.01. The molecule has 1 aromatic heterocycles. The van der Waals surface area contributed by atoms with Gasteiger partial charge in [-0.1, -0.05) is 24.3 Å². The highest BCUT2D eigenvalue weighted by Gasteiger charge is 2.20. The van der Waals surface area contributed by atoms with E-state index in [1.807, 2.05) is 6.07 Å². The number of fused-ring (bicyclic) bond motifs is 1. The molecule has 2 aromatic rings. The van der Waals surface area contributed by atoms with Crippen molar-refractivity contribution in [1.29, 1.82) is 0 Å². The molecule has 0 spiro atoms. The lowest BCUT2D eigenvalue weighted by Crippen LogP contribution is -2.31. The molecule has 0 bridgehead atoms. The number of hydrogen-bond acceptors (Lipinski definition) is 4. The van der Waals surface area contributed by atoms with Crippen molar-refractivity contribution in [2.24, 2.45) is 0 Å². The molecule has 0 amide bonds. The van der Waals surface area contributed by atoms with Gasteiger partial charge in [0, 0.05) is 13.1 Å². The minimum atomic E-state index is 0.379. The number of hydrogen-bond donors (Lipinski definition) is 1. The Kier molecular flexibility index (Phi) is 2.36. The number of aromatic amines is 1. The van der Waals surface area contributed by atoms with E-state index in [0.717, 1.165) is 25.8 Å². The van der Waals surface area contributed by atoms with E-state index in [0.29, 0.717) is 11.5 Å². The molecule has 0 aliphatic carbocycles. The Balaban J connectivity index is 1.92. The van der Waals surface area contributed by atoms with Gasteiger partial charge in [-0.2, -0.15) is 10.3 Å². The number of carbonyl (C=O) groups is 1. The summed E-state index contributed by atoms with van der Waals surface area (Å²) in [6, 6.07) is 8.35. The molecule has 17 heavy (non-hydrogen) atoms. The van der Waals surface area contributed by atoms with E-state index < -0.39 is 0 Å². The summed E-state index contributed by atoms with van der Waals surface area (Å²) >= 11 is 0. The summed E-state index contributed by atoms with van der Waals surface area (Å²) < 4.78 is 0. The zero-order valence-corrected chi connectivity index (χ0v) is 9.26. The maximum Gasteiger partial charge on any atom is 0.182 e. The summed E-state index contributed by atoms with van der Waals surface area (Å²) in [5.74, 6) is 0.648. The Bertz CT molecular complexity index is 549. The maximum atomic E-state index is 10.8. The van der Waals surface area contributed by atoms with E-state index in [4.69, 9.17) is 0 Å². The van der Waals surface area contributed by atoms with Crippen LogP contribution in [0.5, 0.6) is 0 Å². The van der Waals surface area contributed by atoms with E-state index in [2.05, 4.69) is 38.5 Å². The Morgan fingerprint density at radius 2 is 2.06 bits per heavy atom. The standard InChI is InChI=1S/C12H12N4O/c17-8-11-12(14-15-13-11)16-6-5-9-3-1-2-4-10(9)7-16/h1-4,8H,5-7H2,(H,13,14,15). The highest BCUT2D eigenvalue weighted by atomic mass is 16.1. The number of nitrogens with zero attached hydrogens (tertiary/aromatic N) is 3. The molecule has 0 saturated carbocycles.